The number of hydrogen-bond acceptors (Lipinski definition) is 1. The first-order chi connectivity index (χ1) is 4.84. The first-order valence-electron chi connectivity index (χ1n) is 4.23. The molecule has 0 aromatic carbocycles. The van der Waals surface area contributed by atoms with Gasteiger partial charge in [0.15, 0.2) is 0 Å². The van der Waals surface area contributed by atoms with Crippen LogP contribution in [0.1, 0.15) is 26.7 Å². The van der Waals surface area contributed by atoms with Gasteiger partial charge in [-0.2, -0.15) is 0 Å². The molecule has 0 spiro atoms. The summed E-state index contributed by atoms with van der Waals surface area (Å²) in [6, 6.07) is 0.768. The first kappa shape index (κ1) is 7.80. The van der Waals surface area contributed by atoms with E-state index in [2.05, 4.69) is 30.9 Å². The maximum absolute atomic E-state index is 2.53. The molecule has 1 atom stereocenters. The third-order valence-electron chi connectivity index (χ3n) is 2.30. The quantitative estimate of drug-likeness (QED) is 0.529. The summed E-state index contributed by atoms with van der Waals surface area (Å²) in [6.07, 6.45) is 7.06. The molecule has 0 aromatic rings. The molecule has 0 saturated carbocycles. The summed E-state index contributed by atoms with van der Waals surface area (Å²) in [5.74, 6) is 0. The second-order valence-corrected chi connectivity index (χ2v) is 3.01. The summed E-state index contributed by atoms with van der Waals surface area (Å²) in [5, 5.41) is 0. The van der Waals surface area contributed by atoms with Gasteiger partial charge in [-0.1, -0.05) is 19.1 Å². The monoisotopic (exact) mass is 139 g/mol. The van der Waals surface area contributed by atoms with Crippen molar-refractivity contribution in [1.29, 1.82) is 0 Å². The fourth-order valence-corrected chi connectivity index (χ4v) is 1.32. The standard InChI is InChI=1S/C9H17N/c1-3-9(2)10-7-5-4-6-8-10/h4-5,9H,3,6-8H2,1-2H3. The van der Waals surface area contributed by atoms with Crippen LogP contribution in [0.3, 0.4) is 0 Å². The largest absolute Gasteiger partial charge is 0.297 e. The molecule has 0 radical (unpaired) electrons. The van der Waals surface area contributed by atoms with Crippen LogP contribution in [-0.2, 0) is 0 Å². The van der Waals surface area contributed by atoms with E-state index >= 15 is 0 Å². The van der Waals surface area contributed by atoms with Crippen molar-refractivity contribution in [2.24, 2.45) is 0 Å². The Morgan fingerprint density at radius 2 is 2.30 bits per heavy atom. The van der Waals surface area contributed by atoms with Crippen molar-refractivity contribution in [3.05, 3.63) is 12.2 Å². The van der Waals surface area contributed by atoms with Gasteiger partial charge < -0.3 is 0 Å². The van der Waals surface area contributed by atoms with Crippen molar-refractivity contribution in [2.45, 2.75) is 32.7 Å². The molecule has 0 fully saturated rings. The van der Waals surface area contributed by atoms with Crippen LogP contribution in [0.5, 0.6) is 0 Å². The normalized spacial score (nSPS) is 23.0. The minimum absolute atomic E-state index is 0.768. The van der Waals surface area contributed by atoms with Crippen LogP contribution < -0.4 is 0 Å². The maximum atomic E-state index is 2.53. The van der Waals surface area contributed by atoms with Crippen molar-refractivity contribution >= 4 is 0 Å². The number of nitrogens with zero attached hydrogens (tertiary/aromatic N) is 1. The fourth-order valence-electron chi connectivity index (χ4n) is 1.32. The van der Waals surface area contributed by atoms with Gasteiger partial charge in [-0.05, 0) is 19.8 Å². The molecule has 0 saturated heterocycles. The number of hydrogen-bond donors (Lipinski definition) is 0. The maximum Gasteiger partial charge on any atom is 0.0166 e. The molecule has 1 heterocycles. The van der Waals surface area contributed by atoms with E-state index in [4.69, 9.17) is 0 Å². The molecule has 10 heavy (non-hydrogen) atoms. The van der Waals surface area contributed by atoms with Crippen LogP contribution in [0.25, 0.3) is 0 Å². The highest BCUT2D eigenvalue weighted by Gasteiger charge is 2.10. The Morgan fingerprint density at radius 3 is 2.80 bits per heavy atom. The lowest BCUT2D eigenvalue weighted by atomic mass is 10.1. The molecule has 1 aliphatic rings. The lowest BCUT2D eigenvalue weighted by Crippen LogP contribution is -2.35. The molecule has 1 nitrogen and oxygen atoms in total. The summed E-state index contributed by atoms with van der Waals surface area (Å²) in [5.41, 5.74) is 0. The van der Waals surface area contributed by atoms with Gasteiger partial charge >= 0.3 is 0 Å². The minimum Gasteiger partial charge on any atom is -0.297 e. The molecule has 1 heteroatoms. The molecule has 0 aliphatic carbocycles. The van der Waals surface area contributed by atoms with Gasteiger partial charge in [-0.25, -0.2) is 0 Å². The summed E-state index contributed by atoms with van der Waals surface area (Å²) in [7, 11) is 0. The van der Waals surface area contributed by atoms with Crippen molar-refractivity contribution < 1.29 is 0 Å². The number of rotatable bonds is 2. The Morgan fingerprint density at radius 1 is 1.50 bits per heavy atom. The van der Waals surface area contributed by atoms with Crippen molar-refractivity contribution in [3.8, 4) is 0 Å². The molecule has 1 unspecified atom stereocenters. The smallest absolute Gasteiger partial charge is 0.0166 e. The highest BCUT2D eigenvalue weighted by atomic mass is 15.1. The second kappa shape index (κ2) is 3.77. The third-order valence-corrected chi connectivity index (χ3v) is 2.30. The molecule has 58 valence electrons. The Kier molecular flexibility index (Phi) is 2.94. The van der Waals surface area contributed by atoms with E-state index in [1.165, 1.54) is 19.4 Å². The Labute approximate surface area is 63.7 Å². The van der Waals surface area contributed by atoms with Gasteiger partial charge in [0.2, 0.25) is 0 Å². The predicted molar refractivity (Wildman–Crippen MR) is 45.1 cm³/mol. The molecule has 0 bridgehead atoms. The average Bonchev–Trinajstić information content (AvgIpc) is 2.05. The highest BCUT2D eigenvalue weighted by Crippen LogP contribution is 2.07. The SMILES string of the molecule is CCC(C)N1CC=CCC1. The van der Waals surface area contributed by atoms with Crippen LogP contribution in [0.15, 0.2) is 12.2 Å². The fraction of sp³-hybridized carbons (Fsp3) is 0.778. The van der Waals surface area contributed by atoms with E-state index in [-0.39, 0.29) is 0 Å². The zero-order valence-corrected chi connectivity index (χ0v) is 7.01. The lowest BCUT2D eigenvalue weighted by Gasteiger charge is -2.28. The van der Waals surface area contributed by atoms with Crippen LogP contribution >= 0.6 is 0 Å². The predicted octanol–water partition coefficient (Wildman–Crippen LogP) is 2.05. The van der Waals surface area contributed by atoms with Crippen LogP contribution in [-0.4, -0.2) is 24.0 Å². The molecule has 0 N–H and O–H groups in total. The minimum atomic E-state index is 0.768. The molecule has 1 rings (SSSR count). The molecule has 0 aromatic heterocycles. The summed E-state index contributed by atoms with van der Waals surface area (Å²) >= 11 is 0. The van der Waals surface area contributed by atoms with Gasteiger partial charge in [0.25, 0.3) is 0 Å². The molecule has 1 aliphatic heterocycles. The van der Waals surface area contributed by atoms with Crippen LogP contribution in [0, 0.1) is 0 Å². The molecular formula is C9H17N. The highest BCUT2D eigenvalue weighted by molar-refractivity contribution is 4.91. The first-order valence-corrected chi connectivity index (χ1v) is 4.23. The Bertz CT molecular complexity index is 118. The van der Waals surface area contributed by atoms with E-state index in [0.717, 1.165) is 12.6 Å². The van der Waals surface area contributed by atoms with Crippen molar-refractivity contribution in [1.82, 2.24) is 4.90 Å². The zero-order valence-electron chi connectivity index (χ0n) is 7.01. The van der Waals surface area contributed by atoms with Crippen LogP contribution in [0.2, 0.25) is 0 Å². The van der Waals surface area contributed by atoms with E-state index in [9.17, 15) is 0 Å². The van der Waals surface area contributed by atoms with Crippen LogP contribution in [0.4, 0.5) is 0 Å². The third kappa shape index (κ3) is 1.84. The van der Waals surface area contributed by atoms with E-state index < -0.39 is 0 Å². The topological polar surface area (TPSA) is 3.24 Å². The summed E-state index contributed by atoms with van der Waals surface area (Å²) in [6.45, 7) is 6.97. The van der Waals surface area contributed by atoms with E-state index in [0.29, 0.717) is 0 Å². The van der Waals surface area contributed by atoms with Gasteiger partial charge in [-0.15, -0.1) is 0 Å². The zero-order chi connectivity index (χ0) is 7.40. The average molecular weight is 139 g/mol. The summed E-state index contributed by atoms with van der Waals surface area (Å²) < 4.78 is 0. The molecule has 0 amide bonds. The van der Waals surface area contributed by atoms with Gasteiger partial charge in [0.1, 0.15) is 0 Å². The summed E-state index contributed by atoms with van der Waals surface area (Å²) in [4.78, 5) is 2.53. The van der Waals surface area contributed by atoms with Crippen molar-refractivity contribution in [2.75, 3.05) is 13.1 Å². The van der Waals surface area contributed by atoms with E-state index in [1.54, 1.807) is 0 Å². The second-order valence-electron chi connectivity index (χ2n) is 3.01. The Hall–Kier alpha value is -0.300. The van der Waals surface area contributed by atoms with E-state index in [1.807, 2.05) is 0 Å². The molecular weight excluding hydrogens is 122 g/mol. The van der Waals surface area contributed by atoms with Crippen molar-refractivity contribution in [3.63, 3.8) is 0 Å². The lowest BCUT2D eigenvalue weighted by molar-refractivity contribution is 0.223. The van der Waals surface area contributed by atoms with Gasteiger partial charge in [0.05, 0.1) is 0 Å². The van der Waals surface area contributed by atoms with Gasteiger partial charge in [-0.3, -0.25) is 4.90 Å². The van der Waals surface area contributed by atoms with Gasteiger partial charge in [0, 0.05) is 19.1 Å². The Balaban J connectivity index is 2.33.